The summed E-state index contributed by atoms with van der Waals surface area (Å²) >= 11 is 0. The monoisotopic (exact) mass is 263 g/mol. The highest BCUT2D eigenvalue weighted by Gasteiger charge is 2.00. The summed E-state index contributed by atoms with van der Waals surface area (Å²) in [6.07, 6.45) is 1.52. The van der Waals surface area contributed by atoms with Crippen LogP contribution in [0.15, 0.2) is 40.1 Å². The van der Waals surface area contributed by atoms with Crippen LogP contribution in [0.4, 0.5) is 10.1 Å². The molecule has 2 aromatic rings. The van der Waals surface area contributed by atoms with Crippen LogP contribution in [-0.4, -0.2) is 16.1 Å². The number of aryl methyl sites for hydroxylation is 1. The van der Waals surface area contributed by atoms with Gasteiger partial charge in [-0.15, -0.1) is 0 Å². The second-order valence-corrected chi connectivity index (χ2v) is 4.20. The number of anilines is 1. The van der Waals surface area contributed by atoms with Crippen molar-refractivity contribution in [2.45, 2.75) is 13.5 Å². The average Bonchev–Trinajstić information content (AvgIpc) is 2.38. The maximum atomic E-state index is 12.7. The predicted molar refractivity (Wildman–Crippen MR) is 70.9 cm³/mol. The number of halogens is 1. The summed E-state index contributed by atoms with van der Waals surface area (Å²) in [5.74, 6) is -0.293. The van der Waals surface area contributed by atoms with Gasteiger partial charge < -0.3 is 5.32 Å². The first-order valence-electron chi connectivity index (χ1n) is 5.86. The zero-order chi connectivity index (χ0) is 13.8. The van der Waals surface area contributed by atoms with Crippen molar-refractivity contribution in [3.63, 3.8) is 0 Å². The van der Waals surface area contributed by atoms with Crippen LogP contribution in [0, 0.1) is 12.7 Å². The van der Waals surface area contributed by atoms with Crippen LogP contribution in [0.5, 0.6) is 0 Å². The Bertz CT molecular complexity index is 674. The molecule has 5 nitrogen and oxygen atoms in total. The highest BCUT2D eigenvalue weighted by Crippen LogP contribution is 2.07. The second-order valence-electron chi connectivity index (χ2n) is 4.20. The summed E-state index contributed by atoms with van der Waals surface area (Å²) in [5.41, 5.74) is 0.459. The Morgan fingerprint density at radius 3 is 2.63 bits per heavy atom. The molecule has 0 amide bonds. The summed E-state index contributed by atoms with van der Waals surface area (Å²) in [4.78, 5) is 24.9. The third-order valence-corrected chi connectivity index (χ3v) is 2.72. The number of hydrogen-bond donors (Lipinski definition) is 2. The molecule has 0 saturated heterocycles. The SMILES string of the molecule is Cc1cn(CCNc2ccc(F)cc2)c(=O)[nH]c1=O. The lowest BCUT2D eigenvalue weighted by atomic mass is 10.3. The van der Waals surface area contributed by atoms with Crippen LogP contribution in [-0.2, 0) is 6.54 Å². The van der Waals surface area contributed by atoms with Gasteiger partial charge in [0.2, 0.25) is 0 Å². The van der Waals surface area contributed by atoms with E-state index in [2.05, 4.69) is 10.3 Å². The van der Waals surface area contributed by atoms with Crippen LogP contribution in [0.1, 0.15) is 5.56 Å². The van der Waals surface area contributed by atoms with Crippen molar-refractivity contribution in [1.82, 2.24) is 9.55 Å². The van der Waals surface area contributed by atoms with Crippen LogP contribution >= 0.6 is 0 Å². The molecule has 1 aromatic carbocycles. The molecule has 0 aliphatic heterocycles. The molecule has 0 saturated carbocycles. The van der Waals surface area contributed by atoms with Crippen molar-refractivity contribution in [1.29, 1.82) is 0 Å². The standard InChI is InChI=1S/C13H14FN3O2/c1-9-8-17(13(19)16-12(9)18)7-6-15-11-4-2-10(14)3-5-11/h2-5,8,15H,6-7H2,1H3,(H,16,18,19). The van der Waals surface area contributed by atoms with Gasteiger partial charge in [-0.05, 0) is 31.2 Å². The van der Waals surface area contributed by atoms with Crippen molar-refractivity contribution in [2.75, 3.05) is 11.9 Å². The highest BCUT2D eigenvalue weighted by molar-refractivity contribution is 5.42. The zero-order valence-electron chi connectivity index (χ0n) is 10.4. The van der Waals surface area contributed by atoms with E-state index in [4.69, 9.17) is 0 Å². The first-order chi connectivity index (χ1) is 9.06. The molecule has 0 aliphatic rings. The molecule has 2 N–H and O–H groups in total. The molecule has 100 valence electrons. The van der Waals surface area contributed by atoms with Crippen LogP contribution in [0.25, 0.3) is 0 Å². The number of aromatic nitrogens is 2. The first-order valence-corrected chi connectivity index (χ1v) is 5.86. The molecule has 1 aromatic heterocycles. The van der Waals surface area contributed by atoms with Gasteiger partial charge in [0.05, 0.1) is 0 Å². The summed E-state index contributed by atoms with van der Waals surface area (Å²) in [5, 5.41) is 3.06. The van der Waals surface area contributed by atoms with E-state index in [1.165, 1.54) is 22.9 Å². The fourth-order valence-electron chi connectivity index (χ4n) is 1.67. The molecule has 1 heterocycles. The molecule has 2 rings (SSSR count). The lowest BCUT2D eigenvalue weighted by Crippen LogP contribution is -2.32. The lowest BCUT2D eigenvalue weighted by Gasteiger charge is -2.08. The molecule has 0 fully saturated rings. The number of H-pyrrole nitrogens is 1. The molecule has 0 unspecified atom stereocenters. The van der Waals surface area contributed by atoms with Crippen molar-refractivity contribution in [3.05, 3.63) is 62.7 Å². The van der Waals surface area contributed by atoms with Gasteiger partial charge in [0.1, 0.15) is 5.82 Å². The van der Waals surface area contributed by atoms with Gasteiger partial charge in [0.15, 0.2) is 0 Å². The van der Waals surface area contributed by atoms with Gasteiger partial charge in [0.25, 0.3) is 5.56 Å². The largest absolute Gasteiger partial charge is 0.383 e. The minimum Gasteiger partial charge on any atom is -0.383 e. The van der Waals surface area contributed by atoms with Gasteiger partial charge in [-0.3, -0.25) is 14.3 Å². The van der Waals surface area contributed by atoms with Crippen LogP contribution in [0.3, 0.4) is 0 Å². The van der Waals surface area contributed by atoms with Gasteiger partial charge >= 0.3 is 5.69 Å². The molecular weight excluding hydrogens is 249 g/mol. The lowest BCUT2D eigenvalue weighted by molar-refractivity contribution is 0.627. The Morgan fingerprint density at radius 1 is 1.26 bits per heavy atom. The third-order valence-electron chi connectivity index (χ3n) is 2.72. The Balaban J connectivity index is 2.00. The van der Waals surface area contributed by atoms with Crippen molar-refractivity contribution < 1.29 is 4.39 Å². The minimum absolute atomic E-state index is 0.293. The number of hydrogen-bond acceptors (Lipinski definition) is 3. The predicted octanol–water partition coefficient (Wildman–Crippen LogP) is 1.10. The number of rotatable bonds is 4. The molecule has 0 spiro atoms. The van der Waals surface area contributed by atoms with Crippen molar-refractivity contribution >= 4 is 5.69 Å². The molecular formula is C13H14FN3O2. The number of nitrogens with zero attached hydrogens (tertiary/aromatic N) is 1. The number of benzene rings is 1. The summed E-state index contributed by atoms with van der Waals surface area (Å²) in [7, 11) is 0. The molecule has 6 heteroatoms. The Labute approximate surface area is 108 Å². The Morgan fingerprint density at radius 2 is 1.95 bits per heavy atom. The average molecular weight is 263 g/mol. The summed E-state index contributed by atoms with van der Waals surface area (Å²) in [6, 6.07) is 5.96. The number of nitrogens with one attached hydrogen (secondary N) is 2. The Hall–Kier alpha value is -2.37. The Kier molecular flexibility index (Phi) is 3.79. The van der Waals surface area contributed by atoms with Gasteiger partial charge in [-0.25, -0.2) is 9.18 Å². The van der Waals surface area contributed by atoms with E-state index >= 15 is 0 Å². The fraction of sp³-hybridized carbons (Fsp3) is 0.231. The maximum Gasteiger partial charge on any atom is 0.328 e. The van der Waals surface area contributed by atoms with E-state index < -0.39 is 5.69 Å². The van der Waals surface area contributed by atoms with Crippen molar-refractivity contribution in [2.24, 2.45) is 0 Å². The molecule has 0 bridgehead atoms. The molecule has 19 heavy (non-hydrogen) atoms. The van der Waals surface area contributed by atoms with E-state index in [0.29, 0.717) is 18.7 Å². The van der Waals surface area contributed by atoms with E-state index in [1.54, 1.807) is 19.1 Å². The van der Waals surface area contributed by atoms with Gasteiger partial charge in [-0.1, -0.05) is 0 Å². The summed E-state index contributed by atoms with van der Waals surface area (Å²) in [6.45, 7) is 2.55. The smallest absolute Gasteiger partial charge is 0.328 e. The van der Waals surface area contributed by atoms with E-state index in [1.807, 2.05) is 0 Å². The highest BCUT2D eigenvalue weighted by atomic mass is 19.1. The summed E-state index contributed by atoms with van der Waals surface area (Å²) < 4.78 is 14.1. The minimum atomic E-state index is -0.434. The van der Waals surface area contributed by atoms with Gasteiger partial charge in [0, 0.05) is 30.5 Å². The quantitative estimate of drug-likeness (QED) is 0.868. The molecule has 0 atom stereocenters. The molecule has 0 aliphatic carbocycles. The van der Waals surface area contributed by atoms with Crippen LogP contribution < -0.4 is 16.6 Å². The number of aromatic amines is 1. The van der Waals surface area contributed by atoms with Gasteiger partial charge in [-0.2, -0.15) is 0 Å². The topological polar surface area (TPSA) is 66.9 Å². The normalized spacial score (nSPS) is 10.4. The van der Waals surface area contributed by atoms with E-state index in [0.717, 1.165) is 5.69 Å². The third kappa shape index (κ3) is 3.31. The van der Waals surface area contributed by atoms with E-state index in [-0.39, 0.29) is 11.4 Å². The van der Waals surface area contributed by atoms with Crippen molar-refractivity contribution in [3.8, 4) is 0 Å². The first kappa shape index (κ1) is 13.1. The van der Waals surface area contributed by atoms with Crippen LogP contribution in [0.2, 0.25) is 0 Å². The second kappa shape index (κ2) is 5.51. The zero-order valence-corrected chi connectivity index (χ0v) is 10.4. The van der Waals surface area contributed by atoms with E-state index in [9.17, 15) is 14.0 Å². The maximum absolute atomic E-state index is 12.7. The molecule has 0 radical (unpaired) electrons. The fourth-order valence-corrected chi connectivity index (χ4v) is 1.67.